The number of carbonyl (C=O) groups excluding carboxylic acids is 2. The fraction of sp³-hybridized carbons (Fsp3) is 0.364. The van der Waals surface area contributed by atoms with Crippen LogP contribution in [0.3, 0.4) is 0 Å². The van der Waals surface area contributed by atoms with Crippen LogP contribution in [0.2, 0.25) is 5.02 Å². The molecule has 3 rings (SSSR count). The summed E-state index contributed by atoms with van der Waals surface area (Å²) in [5, 5.41) is 0.0842. The van der Waals surface area contributed by atoms with E-state index in [1.165, 1.54) is 23.1 Å². The second-order valence-corrected chi connectivity index (χ2v) is 7.22. The number of benzene rings is 2. The van der Waals surface area contributed by atoms with E-state index in [0.29, 0.717) is 45.0 Å². The van der Waals surface area contributed by atoms with Gasteiger partial charge < -0.3 is 19.3 Å². The Bertz CT molecular complexity index is 871. The fourth-order valence-corrected chi connectivity index (χ4v) is 3.51. The average Bonchev–Trinajstić information content (AvgIpc) is 2.99. The first-order valence-electron chi connectivity index (χ1n) is 9.86. The summed E-state index contributed by atoms with van der Waals surface area (Å²) >= 11 is 6.01. The number of halogens is 2. The first-order valence-corrected chi connectivity index (χ1v) is 10.2. The third kappa shape index (κ3) is 5.42. The van der Waals surface area contributed by atoms with Crippen LogP contribution in [0.15, 0.2) is 42.5 Å². The maximum atomic E-state index is 14.1. The smallest absolute Gasteiger partial charge is 0.260 e. The van der Waals surface area contributed by atoms with Crippen LogP contribution in [-0.2, 0) is 4.79 Å². The lowest BCUT2D eigenvalue weighted by Gasteiger charge is -2.23. The predicted molar refractivity (Wildman–Crippen MR) is 112 cm³/mol. The molecule has 0 unspecified atom stereocenters. The highest BCUT2D eigenvalue weighted by Crippen LogP contribution is 2.22. The molecule has 0 N–H and O–H groups in total. The van der Waals surface area contributed by atoms with Crippen molar-refractivity contribution in [2.45, 2.75) is 13.3 Å². The van der Waals surface area contributed by atoms with Crippen molar-refractivity contribution in [3.8, 4) is 11.5 Å². The minimum absolute atomic E-state index is 0.0842. The summed E-state index contributed by atoms with van der Waals surface area (Å²) in [4.78, 5) is 28.4. The van der Waals surface area contributed by atoms with Gasteiger partial charge in [0.05, 0.1) is 17.2 Å². The summed E-state index contributed by atoms with van der Waals surface area (Å²) in [6, 6.07) is 11.2. The lowest BCUT2D eigenvalue weighted by molar-refractivity contribution is -0.133. The molecule has 2 amide bonds. The SMILES string of the molecule is CCOc1ccc(OCC(=O)N2CCCN(C(=O)c3c(F)cccc3Cl)CC2)cc1. The highest BCUT2D eigenvalue weighted by atomic mass is 35.5. The van der Waals surface area contributed by atoms with Crippen LogP contribution in [0.25, 0.3) is 0 Å². The number of carbonyl (C=O) groups is 2. The van der Waals surface area contributed by atoms with Gasteiger partial charge in [0.15, 0.2) is 6.61 Å². The van der Waals surface area contributed by atoms with Crippen molar-refractivity contribution < 1.29 is 23.5 Å². The predicted octanol–water partition coefficient (Wildman–Crippen LogP) is 3.63. The normalized spacial score (nSPS) is 14.2. The van der Waals surface area contributed by atoms with Gasteiger partial charge in [0.1, 0.15) is 17.3 Å². The van der Waals surface area contributed by atoms with E-state index < -0.39 is 11.7 Å². The summed E-state index contributed by atoms with van der Waals surface area (Å²) in [6.45, 7) is 3.97. The van der Waals surface area contributed by atoms with Crippen molar-refractivity contribution in [2.75, 3.05) is 39.4 Å². The van der Waals surface area contributed by atoms with Crippen LogP contribution in [0, 0.1) is 5.82 Å². The Balaban J connectivity index is 1.54. The third-order valence-corrected chi connectivity index (χ3v) is 5.12. The lowest BCUT2D eigenvalue weighted by atomic mass is 10.1. The van der Waals surface area contributed by atoms with Gasteiger partial charge in [-0.2, -0.15) is 0 Å². The first kappa shape index (κ1) is 21.9. The Hall–Kier alpha value is -2.80. The van der Waals surface area contributed by atoms with Gasteiger partial charge in [-0.25, -0.2) is 4.39 Å². The zero-order valence-corrected chi connectivity index (χ0v) is 17.5. The molecular formula is C22H24ClFN2O4. The van der Waals surface area contributed by atoms with Crippen molar-refractivity contribution in [2.24, 2.45) is 0 Å². The number of hydrogen-bond acceptors (Lipinski definition) is 4. The minimum atomic E-state index is -0.645. The van der Waals surface area contributed by atoms with Gasteiger partial charge in [0, 0.05) is 26.2 Å². The molecule has 6 nitrogen and oxygen atoms in total. The number of rotatable bonds is 6. The molecule has 0 spiro atoms. The van der Waals surface area contributed by atoms with E-state index in [1.54, 1.807) is 29.2 Å². The van der Waals surface area contributed by atoms with Gasteiger partial charge in [-0.3, -0.25) is 9.59 Å². The molecule has 1 fully saturated rings. The average molecular weight is 435 g/mol. The number of ether oxygens (including phenoxy) is 2. The number of amides is 2. The van der Waals surface area contributed by atoms with E-state index >= 15 is 0 Å². The van der Waals surface area contributed by atoms with Gasteiger partial charge in [0.2, 0.25) is 0 Å². The highest BCUT2D eigenvalue weighted by molar-refractivity contribution is 6.33. The van der Waals surface area contributed by atoms with E-state index in [2.05, 4.69) is 0 Å². The molecule has 30 heavy (non-hydrogen) atoms. The second-order valence-electron chi connectivity index (χ2n) is 6.82. The maximum absolute atomic E-state index is 14.1. The number of hydrogen-bond donors (Lipinski definition) is 0. The zero-order chi connectivity index (χ0) is 21.5. The molecule has 1 aliphatic rings. The van der Waals surface area contributed by atoms with Crippen LogP contribution < -0.4 is 9.47 Å². The van der Waals surface area contributed by atoms with E-state index in [1.807, 2.05) is 6.92 Å². The Morgan fingerprint density at radius 1 is 0.967 bits per heavy atom. The standard InChI is InChI=1S/C22H24ClFN2O4/c1-2-29-16-7-9-17(10-8-16)30-15-20(27)25-11-4-12-26(14-13-25)22(28)21-18(23)5-3-6-19(21)24/h3,5-10H,2,4,11-15H2,1H3. The molecule has 0 aliphatic carbocycles. The molecule has 0 radical (unpaired) electrons. The van der Waals surface area contributed by atoms with Crippen LogP contribution in [0.1, 0.15) is 23.7 Å². The van der Waals surface area contributed by atoms with Crippen LogP contribution in [0.5, 0.6) is 11.5 Å². The Morgan fingerprint density at radius 3 is 2.27 bits per heavy atom. The monoisotopic (exact) mass is 434 g/mol. The van der Waals surface area contributed by atoms with E-state index in [-0.39, 0.29) is 23.1 Å². The summed E-state index contributed by atoms with van der Waals surface area (Å²) in [7, 11) is 0. The molecule has 8 heteroatoms. The molecule has 1 aliphatic heterocycles. The van der Waals surface area contributed by atoms with Gasteiger partial charge in [-0.05, 0) is 49.7 Å². The molecule has 160 valence electrons. The minimum Gasteiger partial charge on any atom is -0.494 e. The van der Waals surface area contributed by atoms with Crippen molar-refractivity contribution in [1.82, 2.24) is 9.80 Å². The second kappa shape index (κ2) is 10.3. The number of nitrogens with zero attached hydrogens (tertiary/aromatic N) is 2. The molecule has 2 aromatic carbocycles. The molecular weight excluding hydrogens is 411 g/mol. The van der Waals surface area contributed by atoms with Crippen molar-refractivity contribution in [1.29, 1.82) is 0 Å². The van der Waals surface area contributed by atoms with Gasteiger partial charge in [-0.15, -0.1) is 0 Å². The summed E-state index contributed by atoms with van der Waals surface area (Å²) in [5.74, 6) is 0.0459. The molecule has 0 bridgehead atoms. The summed E-state index contributed by atoms with van der Waals surface area (Å²) < 4.78 is 25.0. The van der Waals surface area contributed by atoms with Crippen molar-refractivity contribution >= 4 is 23.4 Å². The Kier molecular flexibility index (Phi) is 7.52. The molecule has 0 saturated carbocycles. The molecule has 2 aromatic rings. The molecule has 1 heterocycles. The van der Waals surface area contributed by atoms with Gasteiger partial charge in [-0.1, -0.05) is 17.7 Å². The maximum Gasteiger partial charge on any atom is 0.260 e. The Labute approximate surface area is 180 Å². The van der Waals surface area contributed by atoms with Crippen LogP contribution in [0.4, 0.5) is 4.39 Å². The fourth-order valence-electron chi connectivity index (χ4n) is 3.27. The Morgan fingerprint density at radius 2 is 1.60 bits per heavy atom. The van der Waals surface area contributed by atoms with E-state index in [9.17, 15) is 14.0 Å². The van der Waals surface area contributed by atoms with Gasteiger partial charge >= 0.3 is 0 Å². The summed E-state index contributed by atoms with van der Waals surface area (Å²) in [5.41, 5.74) is -0.127. The highest BCUT2D eigenvalue weighted by Gasteiger charge is 2.26. The quantitative estimate of drug-likeness (QED) is 0.696. The van der Waals surface area contributed by atoms with Crippen LogP contribution >= 0.6 is 11.6 Å². The zero-order valence-electron chi connectivity index (χ0n) is 16.8. The molecule has 0 atom stereocenters. The van der Waals surface area contributed by atoms with E-state index in [0.717, 1.165) is 5.75 Å². The molecule has 0 aromatic heterocycles. The third-order valence-electron chi connectivity index (χ3n) is 4.81. The van der Waals surface area contributed by atoms with Crippen molar-refractivity contribution in [3.05, 3.63) is 58.9 Å². The largest absolute Gasteiger partial charge is 0.494 e. The topological polar surface area (TPSA) is 59.1 Å². The van der Waals surface area contributed by atoms with Gasteiger partial charge in [0.25, 0.3) is 11.8 Å². The summed E-state index contributed by atoms with van der Waals surface area (Å²) in [6.07, 6.45) is 0.590. The van der Waals surface area contributed by atoms with Crippen LogP contribution in [-0.4, -0.2) is 61.0 Å². The van der Waals surface area contributed by atoms with E-state index in [4.69, 9.17) is 21.1 Å². The van der Waals surface area contributed by atoms with Crippen molar-refractivity contribution in [3.63, 3.8) is 0 Å². The lowest BCUT2D eigenvalue weighted by Crippen LogP contribution is -2.39. The first-order chi connectivity index (χ1) is 14.5. The molecule has 1 saturated heterocycles.